The zero-order valence-corrected chi connectivity index (χ0v) is 12.5. The normalized spacial score (nSPS) is 11.6. The number of aromatic carboxylic acids is 1. The lowest BCUT2D eigenvalue weighted by Gasteiger charge is -2.23. The molecule has 0 amide bonds. The van der Waals surface area contributed by atoms with Crippen LogP contribution in [-0.4, -0.2) is 24.2 Å². The zero-order chi connectivity index (χ0) is 15.3. The monoisotopic (exact) mass is 279 g/mol. The van der Waals surface area contributed by atoms with Crippen molar-refractivity contribution in [2.75, 3.05) is 24.6 Å². The van der Waals surface area contributed by atoms with Gasteiger partial charge in [0.1, 0.15) is 0 Å². The second-order valence-electron chi connectivity index (χ2n) is 5.85. The van der Waals surface area contributed by atoms with Crippen LogP contribution in [0.25, 0.3) is 0 Å². The number of rotatable bonds is 7. The van der Waals surface area contributed by atoms with Gasteiger partial charge in [-0.15, -0.1) is 0 Å². The van der Waals surface area contributed by atoms with Gasteiger partial charge in [0.25, 0.3) is 0 Å². The molecule has 0 unspecified atom stereocenters. The van der Waals surface area contributed by atoms with Crippen LogP contribution in [0.3, 0.4) is 0 Å². The Kier molecular flexibility index (Phi) is 5.39. The summed E-state index contributed by atoms with van der Waals surface area (Å²) >= 11 is 0. The summed E-state index contributed by atoms with van der Waals surface area (Å²) in [6.45, 7) is 8.33. The van der Waals surface area contributed by atoms with Gasteiger partial charge in [-0.25, -0.2) is 4.79 Å². The SMILES string of the molecule is CCC(C)(C)CNCCc1ccc(C(=O)O)c(N)c1N. The molecule has 0 aromatic heterocycles. The lowest BCUT2D eigenvalue weighted by atomic mass is 9.90. The molecule has 6 N–H and O–H groups in total. The van der Waals surface area contributed by atoms with Crippen molar-refractivity contribution >= 4 is 17.3 Å². The van der Waals surface area contributed by atoms with E-state index in [0.717, 1.165) is 31.5 Å². The molecule has 0 saturated heterocycles. The number of carbonyl (C=O) groups is 1. The molecule has 20 heavy (non-hydrogen) atoms. The molecule has 0 saturated carbocycles. The number of nitrogen functional groups attached to an aromatic ring is 2. The van der Waals surface area contributed by atoms with Crippen molar-refractivity contribution in [1.82, 2.24) is 5.32 Å². The van der Waals surface area contributed by atoms with E-state index >= 15 is 0 Å². The highest BCUT2D eigenvalue weighted by molar-refractivity contribution is 5.97. The van der Waals surface area contributed by atoms with Crippen LogP contribution < -0.4 is 16.8 Å². The maximum atomic E-state index is 10.9. The minimum atomic E-state index is -1.05. The number of nitrogens with one attached hydrogen (secondary N) is 1. The molecule has 0 fully saturated rings. The van der Waals surface area contributed by atoms with Crippen molar-refractivity contribution in [3.8, 4) is 0 Å². The van der Waals surface area contributed by atoms with Crippen LogP contribution in [0.15, 0.2) is 12.1 Å². The Labute approximate surface area is 120 Å². The van der Waals surface area contributed by atoms with E-state index in [1.54, 1.807) is 6.07 Å². The van der Waals surface area contributed by atoms with Crippen molar-refractivity contribution < 1.29 is 9.90 Å². The van der Waals surface area contributed by atoms with Crippen LogP contribution in [0.1, 0.15) is 43.1 Å². The van der Waals surface area contributed by atoms with E-state index in [9.17, 15) is 4.79 Å². The number of benzene rings is 1. The van der Waals surface area contributed by atoms with Crippen LogP contribution in [0.4, 0.5) is 11.4 Å². The molecule has 0 bridgehead atoms. The molecular weight excluding hydrogens is 254 g/mol. The topological polar surface area (TPSA) is 101 Å². The molecule has 0 aliphatic carbocycles. The molecule has 5 nitrogen and oxygen atoms in total. The van der Waals surface area contributed by atoms with Gasteiger partial charge in [0.2, 0.25) is 0 Å². The first-order valence-corrected chi connectivity index (χ1v) is 6.89. The summed E-state index contributed by atoms with van der Waals surface area (Å²) in [4.78, 5) is 10.9. The van der Waals surface area contributed by atoms with E-state index in [1.165, 1.54) is 6.07 Å². The van der Waals surface area contributed by atoms with Crippen LogP contribution in [-0.2, 0) is 6.42 Å². The molecule has 0 spiro atoms. The fourth-order valence-corrected chi connectivity index (χ4v) is 1.86. The molecule has 0 atom stereocenters. The summed E-state index contributed by atoms with van der Waals surface area (Å²) in [6.07, 6.45) is 1.85. The van der Waals surface area contributed by atoms with E-state index in [1.807, 2.05) is 0 Å². The van der Waals surface area contributed by atoms with Gasteiger partial charge >= 0.3 is 5.97 Å². The molecule has 1 aromatic carbocycles. The summed E-state index contributed by atoms with van der Waals surface area (Å²) in [5, 5.41) is 12.4. The Bertz CT molecular complexity index is 484. The highest BCUT2D eigenvalue weighted by Gasteiger charge is 2.15. The molecule has 1 rings (SSSR count). The second-order valence-corrected chi connectivity index (χ2v) is 5.85. The summed E-state index contributed by atoms with van der Waals surface area (Å²) < 4.78 is 0. The minimum absolute atomic E-state index is 0.0614. The van der Waals surface area contributed by atoms with Gasteiger partial charge in [-0.2, -0.15) is 0 Å². The van der Waals surface area contributed by atoms with Gasteiger partial charge in [0.05, 0.1) is 16.9 Å². The number of carboxylic acids is 1. The van der Waals surface area contributed by atoms with Crippen LogP contribution >= 0.6 is 0 Å². The summed E-state index contributed by atoms with van der Waals surface area (Å²) in [5.41, 5.74) is 13.4. The first kappa shape index (κ1) is 16.3. The molecule has 5 heteroatoms. The van der Waals surface area contributed by atoms with Crippen LogP contribution in [0.2, 0.25) is 0 Å². The van der Waals surface area contributed by atoms with Crippen LogP contribution in [0.5, 0.6) is 0 Å². The molecule has 0 aliphatic heterocycles. The van der Waals surface area contributed by atoms with E-state index in [2.05, 4.69) is 26.1 Å². The summed E-state index contributed by atoms with van der Waals surface area (Å²) in [6, 6.07) is 3.25. The quantitative estimate of drug-likeness (QED) is 0.452. The zero-order valence-electron chi connectivity index (χ0n) is 12.5. The Hall–Kier alpha value is -1.75. The summed E-state index contributed by atoms with van der Waals surface area (Å²) in [7, 11) is 0. The average molecular weight is 279 g/mol. The minimum Gasteiger partial charge on any atom is -0.478 e. The van der Waals surface area contributed by atoms with Gasteiger partial charge in [0, 0.05) is 6.54 Å². The van der Waals surface area contributed by atoms with Gasteiger partial charge in [0.15, 0.2) is 0 Å². The maximum Gasteiger partial charge on any atom is 0.337 e. The Morgan fingerprint density at radius 1 is 1.30 bits per heavy atom. The molecule has 1 aromatic rings. The number of nitrogens with two attached hydrogens (primary N) is 2. The van der Waals surface area contributed by atoms with Crippen molar-refractivity contribution in [3.05, 3.63) is 23.3 Å². The standard InChI is InChI=1S/C15H25N3O2/c1-4-15(2,3)9-18-8-7-10-5-6-11(14(19)20)13(17)12(10)16/h5-6,18H,4,7-9,16-17H2,1-3H3,(H,19,20). The first-order chi connectivity index (χ1) is 9.28. The molecule has 0 heterocycles. The smallest absolute Gasteiger partial charge is 0.337 e. The molecular formula is C15H25N3O2. The highest BCUT2D eigenvalue weighted by atomic mass is 16.4. The van der Waals surface area contributed by atoms with E-state index < -0.39 is 5.97 Å². The van der Waals surface area contributed by atoms with E-state index in [-0.39, 0.29) is 16.7 Å². The lowest BCUT2D eigenvalue weighted by molar-refractivity contribution is 0.0698. The van der Waals surface area contributed by atoms with Crippen molar-refractivity contribution in [1.29, 1.82) is 0 Å². The third-order valence-electron chi connectivity index (χ3n) is 3.74. The van der Waals surface area contributed by atoms with E-state index in [4.69, 9.17) is 16.6 Å². The second kappa shape index (κ2) is 6.61. The Balaban J connectivity index is 2.62. The van der Waals surface area contributed by atoms with Gasteiger partial charge in [-0.3, -0.25) is 0 Å². The van der Waals surface area contributed by atoms with Crippen molar-refractivity contribution in [2.45, 2.75) is 33.6 Å². The van der Waals surface area contributed by atoms with Crippen molar-refractivity contribution in [3.63, 3.8) is 0 Å². The first-order valence-electron chi connectivity index (χ1n) is 6.89. The fraction of sp³-hybridized carbons (Fsp3) is 0.533. The number of anilines is 2. The van der Waals surface area contributed by atoms with E-state index in [0.29, 0.717) is 5.69 Å². The van der Waals surface area contributed by atoms with Gasteiger partial charge < -0.3 is 21.9 Å². The number of hydrogen-bond acceptors (Lipinski definition) is 4. The molecule has 0 radical (unpaired) electrons. The Morgan fingerprint density at radius 2 is 1.95 bits per heavy atom. The predicted octanol–water partition coefficient (Wildman–Crippen LogP) is 2.12. The van der Waals surface area contributed by atoms with Gasteiger partial charge in [-0.1, -0.05) is 26.8 Å². The number of hydrogen-bond donors (Lipinski definition) is 4. The lowest BCUT2D eigenvalue weighted by Crippen LogP contribution is -2.30. The fourth-order valence-electron chi connectivity index (χ4n) is 1.86. The molecule has 0 aliphatic rings. The Morgan fingerprint density at radius 3 is 2.50 bits per heavy atom. The predicted molar refractivity (Wildman–Crippen MR) is 82.9 cm³/mol. The third kappa shape index (κ3) is 4.13. The van der Waals surface area contributed by atoms with Crippen LogP contribution in [0, 0.1) is 5.41 Å². The highest BCUT2D eigenvalue weighted by Crippen LogP contribution is 2.25. The average Bonchev–Trinajstić information content (AvgIpc) is 2.39. The third-order valence-corrected chi connectivity index (χ3v) is 3.74. The van der Waals surface area contributed by atoms with Gasteiger partial charge in [-0.05, 0) is 36.4 Å². The largest absolute Gasteiger partial charge is 0.478 e. The summed E-state index contributed by atoms with van der Waals surface area (Å²) in [5.74, 6) is -1.05. The van der Waals surface area contributed by atoms with Crippen molar-refractivity contribution in [2.24, 2.45) is 5.41 Å². The number of carboxylic acid groups (broad SMARTS) is 1. The maximum absolute atomic E-state index is 10.9. The molecule has 112 valence electrons.